The Labute approximate surface area is 123 Å². The molecule has 0 amide bonds. The molecule has 0 aliphatic heterocycles. The minimum Gasteiger partial charge on any atom is -0.264 e. The van der Waals surface area contributed by atoms with Gasteiger partial charge in [-0.3, -0.25) is 9.67 Å². The van der Waals surface area contributed by atoms with Gasteiger partial charge in [-0.15, -0.1) is 5.10 Å². The van der Waals surface area contributed by atoms with Crippen LogP contribution in [0, 0.1) is 5.92 Å². The number of hydrogen-bond acceptors (Lipinski definition) is 4. The number of azide groups is 1. The van der Waals surface area contributed by atoms with Gasteiger partial charge in [0.25, 0.3) is 0 Å². The average Bonchev–Trinajstić information content (AvgIpc) is 2.99. The fourth-order valence-corrected chi connectivity index (χ4v) is 2.11. The van der Waals surface area contributed by atoms with Gasteiger partial charge in [0, 0.05) is 36.0 Å². The first-order chi connectivity index (χ1) is 10.3. The smallest absolute Gasteiger partial charge is 0.114 e. The molecule has 7 heteroatoms. The van der Waals surface area contributed by atoms with Crippen LogP contribution in [0.2, 0.25) is 0 Å². The van der Waals surface area contributed by atoms with Crippen molar-refractivity contribution in [1.82, 2.24) is 20.0 Å². The minimum atomic E-state index is 0.574. The number of rotatable bonds is 8. The van der Waals surface area contributed by atoms with Gasteiger partial charge in [-0.25, -0.2) is 0 Å². The van der Waals surface area contributed by atoms with E-state index in [0.717, 1.165) is 37.1 Å². The minimum absolute atomic E-state index is 0.574. The van der Waals surface area contributed by atoms with E-state index in [-0.39, 0.29) is 0 Å². The zero-order valence-corrected chi connectivity index (χ0v) is 12.1. The maximum Gasteiger partial charge on any atom is 0.114 e. The molecule has 0 aromatic carbocycles. The molecule has 1 atom stereocenters. The lowest BCUT2D eigenvalue weighted by Gasteiger charge is -2.09. The second-order valence-corrected chi connectivity index (χ2v) is 5.10. The predicted molar refractivity (Wildman–Crippen MR) is 80.3 cm³/mol. The van der Waals surface area contributed by atoms with E-state index in [2.05, 4.69) is 32.2 Å². The summed E-state index contributed by atoms with van der Waals surface area (Å²) in [5.41, 5.74) is 10.0. The van der Waals surface area contributed by atoms with Gasteiger partial charge in [-0.1, -0.05) is 23.7 Å². The van der Waals surface area contributed by atoms with Crippen molar-refractivity contribution < 1.29 is 0 Å². The quantitative estimate of drug-likeness (QED) is 0.322. The Kier molecular flexibility index (Phi) is 5.72. The Bertz CT molecular complexity index is 586. The van der Waals surface area contributed by atoms with Crippen molar-refractivity contribution in [2.24, 2.45) is 11.0 Å². The third kappa shape index (κ3) is 4.89. The second-order valence-electron chi connectivity index (χ2n) is 5.10. The van der Waals surface area contributed by atoms with E-state index < -0.39 is 0 Å². The molecule has 0 aliphatic carbocycles. The molecule has 2 rings (SSSR count). The van der Waals surface area contributed by atoms with Gasteiger partial charge in [0.2, 0.25) is 0 Å². The van der Waals surface area contributed by atoms with Crippen molar-refractivity contribution in [3.8, 4) is 11.3 Å². The molecule has 0 saturated heterocycles. The van der Waals surface area contributed by atoms with Gasteiger partial charge >= 0.3 is 0 Å². The highest BCUT2D eigenvalue weighted by Gasteiger charge is 2.06. The summed E-state index contributed by atoms with van der Waals surface area (Å²) in [5.74, 6) is 0.574. The van der Waals surface area contributed by atoms with E-state index in [4.69, 9.17) is 5.53 Å². The fraction of sp³-hybridized carbons (Fsp3) is 0.500. The zero-order chi connectivity index (χ0) is 14.9. The first-order valence-corrected chi connectivity index (χ1v) is 7.11. The first-order valence-electron chi connectivity index (χ1n) is 7.11. The number of hydrogen-bond donors (Lipinski definition) is 0. The topological polar surface area (TPSA) is 92.4 Å². The normalized spacial score (nSPS) is 11.9. The first kappa shape index (κ1) is 15.0. The summed E-state index contributed by atoms with van der Waals surface area (Å²) in [6.07, 6.45) is 8.50. The molecule has 0 bridgehead atoms. The van der Waals surface area contributed by atoms with E-state index in [9.17, 15) is 0 Å². The SMILES string of the molecule is CC(CCCN=[N+]=[N-])CCn1cc(-c2cccnc2)nn1. The van der Waals surface area contributed by atoms with E-state index in [1.807, 2.05) is 23.0 Å². The Morgan fingerprint density at radius 3 is 3.10 bits per heavy atom. The molecule has 0 saturated carbocycles. The Balaban J connectivity index is 1.79. The summed E-state index contributed by atoms with van der Waals surface area (Å²) in [7, 11) is 0. The molecule has 0 radical (unpaired) electrons. The van der Waals surface area contributed by atoms with Crippen LogP contribution in [0.5, 0.6) is 0 Å². The summed E-state index contributed by atoms with van der Waals surface area (Å²) < 4.78 is 1.87. The van der Waals surface area contributed by atoms with Gasteiger partial charge < -0.3 is 0 Å². The Hall–Kier alpha value is -2.40. The van der Waals surface area contributed by atoms with E-state index in [1.54, 1.807) is 12.4 Å². The lowest BCUT2D eigenvalue weighted by molar-refractivity contribution is 0.422. The number of nitrogens with zero attached hydrogens (tertiary/aromatic N) is 7. The summed E-state index contributed by atoms with van der Waals surface area (Å²) in [6, 6.07) is 3.86. The summed E-state index contributed by atoms with van der Waals surface area (Å²) in [5, 5.41) is 11.9. The van der Waals surface area contributed by atoms with E-state index in [0.29, 0.717) is 12.5 Å². The van der Waals surface area contributed by atoms with Crippen LogP contribution in [-0.2, 0) is 6.54 Å². The average molecular weight is 285 g/mol. The van der Waals surface area contributed by atoms with Crippen LogP contribution in [-0.4, -0.2) is 26.5 Å². The maximum atomic E-state index is 8.22. The molecule has 0 aliphatic rings. The van der Waals surface area contributed by atoms with Crippen molar-refractivity contribution >= 4 is 0 Å². The standard InChI is InChI=1S/C14H19N7/c1-12(4-2-8-17-19-15)6-9-21-11-14(18-20-21)13-5-3-7-16-10-13/h3,5,7,10-12H,2,4,6,8-9H2,1H3. The maximum absolute atomic E-state index is 8.22. The lowest BCUT2D eigenvalue weighted by atomic mass is 10.0. The molecule has 7 nitrogen and oxygen atoms in total. The third-order valence-corrected chi connectivity index (χ3v) is 3.37. The highest BCUT2D eigenvalue weighted by atomic mass is 15.4. The van der Waals surface area contributed by atoms with Crippen molar-refractivity contribution in [2.75, 3.05) is 6.54 Å². The highest BCUT2D eigenvalue weighted by molar-refractivity contribution is 5.55. The van der Waals surface area contributed by atoms with Gasteiger partial charge in [0.05, 0.1) is 6.20 Å². The van der Waals surface area contributed by atoms with Crippen LogP contribution in [0.4, 0.5) is 0 Å². The largest absolute Gasteiger partial charge is 0.264 e. The van der Waals surface area contributed by atoms with Gasteiger partial charge in [0.15, 0.2) is 0 Å². The predicted octanol–water partition coefficient (Wildman–Crippen LogP) is 3.46. The molecule has 1 unspecified atom stereocenters. The molecule has 110 valence electrons. The summed E-state index contributed by atoms with van der Waals surface area (Å²) in [6.45, 7) is 3.63. The molecular weight excluding hydrogens is 266 g/mol. The second kappa shape index (κ2) is 8.01. The molecule has 2 aromatic rings. The van der Waals surface area contributed by atoms with Crippen LogP contribution >= 0.6 is 0 Å². The number of pyridine rings is 1. The zero-order valence-electron chi connectivity index (χ0n) is 12.1. The molecule has 0 fully saturated rings. The lowest BCUT2D eigenvalue weighted by Crippen LogP contribution is -2.05. The van der Waals surface area contributed by atoms with Gasteiger partial charge in [-0.2, -0.15) is 0 Å². The van der Waals surface area contributed by atoms with Crippen molar-refractivity contribution in [3.63, 3.8) is 0 Å². The van der Waals surface area contributed by atoms with Crippen LogP contribution in [0.25, 0.3) is 21.7 Å². The monoisotopic (exact) mass is 285 g/mol. The van der Waals surface area contributed by atoms with Crippen molar-refractivity contribution in [2.45, 2.75) is 32.7 Å². The fourth-order valence-electron chi connectivity index (χ4n) is 2.11. The Morgan fingerprint density at radius 2 is 2.33 bits per heavy atom. The highest BCUT2D eigenvalue weighted by Crippen LogP contribution is 2.15. The summed E-state index contributed by atoms with van der Waals surface area (Å²) in [4.78, 5) is 6.84. The molecule has 2 aromatic heterocycles. The number of aromatic nitrogens is 4. The number of aryl methyl sites for hydroxylation is 1. The Morgan fingerprint density at radius 1 is 1.43 bits per heavy atom. The molecular formula is C14H19N7. The van der Waals surface area contributed by atoms with E-state index in [1.165, 1.54) is 0 Å². The molecule has 2 heterocycles. The molecule has 0 spiro atoms. The van der Waals surface area contributed by atoms with Crippen LogP contribution in [0.1, 0.15) is 26.2 Å². The molecule has 21 heavy (non-hydrogen) atoms. The van der Waals surface area contributed by atoms with Gasteiger partial charge in [-0.05, 0) is 36.4 Å². The van der Waals surface area contributed by atoms with Crippen LogP contribution < -0.4 is 0 Å². The van der Waals surface area contributed by atoms with Crippen molar-refractivity contribution in [1.29, 1.82) is 0 Å². The summed E-state index contributed by atoms with van der Waals surface area (Å²) >= 11 is 0. The van der Waals surface area contributed by atoms with E-state index >= 15 is 0 Å². The van der Waals surface area contributed by atoms with Crippen LogP contribution in [0.3, 0.4) is 0 Å². The third-order valence-electron chi connectivity index (χ3n) is 3.37. The van der Waals surface area contributed by atoms with Crippen molar-refractivity contribution in [3.05, 3.63) is 41.2 Å². The van der Waals surface area contributed by atoms with Gasteiger partial charge in [0.1, 0.15) is 5.69 Å². The molecule has 0 N–H and O–H groups in total. The van der Waals surface area contributed by atoms with Crippen LogP contribution in [0.15, 0.2) is 35.8 Å².